The van der Waals surface area contributed by atoms with Crippen LogP contribution in [-0.4, -0.2) is 0 Å². The molecule has 14 rings (SSSR count). The quantitative estimate of drug-likeness (QED) is 0.167. The molecule has 0 unspecified atom stereocenters. The number of fused-ring (bicyclic) bond motifs is 16. The van der Waals surface area contributed by atoms with Crippen molar-refractivity contribution in [3.8, 4) is 33.4 Å². The summed E-state index contributed by atoms with van der Waals surface area (Å²) in [6.07, 6.45) is 0. The molecule has 64 heavy (non-hydrogen) atoms. The van der Waals surface area contributed by atoms with Crippen LogP contribution in [0.15, 0.2) is 237 Å². The first-order valence-electron chi connectivity index (χ1n) is 22.3. The summed E-state index contributed by atoms with van der Waals surface area (Å²) < 4.78 is 2.56. The highest BCUT2D eigenvalue weighted by Crippen LogP contribution is 2.65. The molecule has 1 nitrogen and oxygen atoms in total. The highest BCUT2D eigenvalue weighted by molar-refractivity contribution is 7.26. The van der Waals surface area contributed by atoms with Crippen molar-refractivity contribution in [2.24, 2.45) is 0 Å². The van der Waals surface area contributed by atoms with Crippen LogP contribution >= 0.6 is 11.3 Å². The standard InChI is InChI=1S/C62H39NS/c1-3-19-40(20-4-1)61(50-29-12-7-23-43(50)44-24-8-13-30-51(44)61)41-37-38-47-48-28-17-36-57(60(48)64-58(47)39-41)63(42-21-5-2-6-22-42)56-35-18-34-55-59(56)49-27-11-16-33-54(49)62(55)52-31-14-9-25-45(52)46-26-10-15-32-53(46)62/h1-39H. The lowest BCUT2D eigenvalue weighted by atomic mass is 9.67. The van der Waals surface area contributed by atoms with Crippen molar-refractivity contribution < 1.29 is 0 Å². The molecule has 0 bridgehead atoms. The lowest BCUT2D eigenvalue weighted by Crippen LogP contribution is -2.28. The number of hydrogen-bond acceptors (Lipinski definition) is 2. The van der Waals surface area contributed by atoms with Crippen molar-refractivity contribution in [2.45, 2.75) is 10.8 Å². The van der Waals surface area contributed by atoms with E-state index in [0.29, 0.717) is 0 Å². The summed E-state index contributed by atoms with van der Waals surface area (Å²) in [5.41, 5.74) is 21.1. The molecule has 1 spiro atoms. The van der Waals surface area contributed by atoms with Crippen molar-refractivity contribution >= 4 is 48.6 Å². The normalized spacial score (nSPS) is 14.2. The zero-order valence-corrected chi connectivity index (χ0v) is 35.7. The number of anilines is 3. The fourth-order valence-corrected chi connectivity index (χ4v) is 13.4. The number of benzene rings is 10. The Labute approximate surface area is 376 Å². The summed E-state index contributed by atoms with van der Waals surface area (Å²) in [5.74, 6) is 0. The third-order valence-electron chi connectivity index (χ3n) is 14.6. The van der Waals surface area contributed by atoms with E-state index in [-0.39, 0.29) is 0 Å². The van der Waals surface area contributed by atoms with Gasteiger partial charge in [-0.15, -0.1) is 11.3 Å². The van der Waals surface area contributed by atoms with Gasteiger partial charge in [0.05, 0.1) is 26.9 Å². The lowest BCUT2D eigenvalue weighted by molar-refractivity contribution is 0.770. The first kappa shape index (κ1) is 35.8. The minimum Gasteiger partial charge on any atom is -0.308 e. The maximum absolute atomic E-state index is 2.54. The molecule has 298 valence electrons. The molecule has 0 radical (unpaired) electrons. The zero-order chi connectivity index (χ0) is 42.0. The van der Waals surface area contributed by atoms with Gasteiger partial charge >= 0.3 is 0 Å². The second kappa shape index (κ2) is 13.4. The third-order valence-corrected chi connectivity index (χ3v) is 15.8. The Morgan fingerprint density at radius 3 is 1.39 bits per heavy atom. The lowest BCUT2D eigenvalue weighted by Gasteiger charge is -2.33. The predicted octanol–water partition coefficient (Wildman–Crippen LogP) is 16.2. The summed E-state index contributed by atoms with van der Waals surface area (Å²) in [7, 11) is 0. The summed E-state index contributed by atoms with van der Waals surface area (Å²) in [6.45, 7) is 0. The molecule has 10 aromatic carbocycles. The molecular weight excluding hydrogens is 791 g/mol. The van der Waals surface area contributed by atoms with Crippen LogP contribution in [0, 0.1) is 0 Å². The molecule has 1 aromatic heterocycles. The van der Waals surface area contributed by atoms with E-state index in [0.717, 1.165) is 5.69 Å². The molecule has 0 fully saturated rings. The van der Waals surface area contributed by atoms with Crippen LogP contribution in [0.3, 0.4) is 0 Å². The Bertz CT molecular complexity index is 3600. The highest BCUT2D eigenvalue weighted by atomic mass is 32.1. The molecule has 11 aromatic rings. The van der Waals surface area contributed by atoms with Crippen LogP contribution in [0.4, 0.5) is 17.1 Å². The summed E-state index contributed by atoms with van der Waals surface area (Å²) in [4.78, 5) is 2.54. The van der Waals surface area contributed by atoms with Gasteiger partial charge in [0.25, 0.3) is 0 Å². The molecule has 0 aliphatic heterocycles. The first-order chi connectivity index (χ1) is 31.8. The monoisotopic (exact) mass is 829 g/mol. The smallest absolute Gasteiger partial charge is 0.0726 e. The van der Waals surface area contributed by atoms with Gasteiger partial charge in [-0.2, -0.15) is 0 Å². The largest absolute Gasteiger partial charge is 0.308 e. The van der Waals surface area contributed by atoms with Crippen LogP contribution < -0.4 is 4.90 Å². The summed E-state index contributed by atoms with van der Waals surface area (Å²) in [5, 5.41) is 2.55. The van der Waals surface area contributed by atoms with Crippen LogP contribution in [0.5, 0.6) is 0 Å². The van der Waals surface area contributed by atoms with E-state index in [9.17, 15) is 0 Å². The average Bonchev–Trinajstić information content (AvgIpc) is 4.08. The third kappa shape index (κ3) is 4.53. The maximum Gasteiger partial charge on any atom is 0.0726 e. The molecule has 0 saturated carbocycles. The fourth-order valence-electron chi connectivity index (χ4n) is 12.2. The molecule has 0 amide bonds. The Morgan fingerprint density at radius 2 is 0.781 bits per heavy atom. The molecule has 3 aliphatic carbocycles. The van der Waals surface area contributed by atoms with Gasteiger partial charge in [0, 0.05) is 26.7 Å². The summed E-state index contributed by atoms with van der Waals surface area (Å²) >= 11 is 1.91. The molecule has 3 aliphatic rings. The molecule has 2 heteroatoms. The number of para-hydroxylation sites is 1. The topological polar surface area (TPSA) is 3.24 Å². The zero-order valence-electron chi connectivity index (χ0n) is 34.9. The number of thiophene rings is 1. The van der Waals surface area contributed by atoms with Gasteiger partial charge in [-0.3, -0.25) is 0 Å². The molecule has 1 heterocycles. The SMILES string of the molecule is c1ccc(N(c2cccc3c2-c2ccccc2C32c3ccccc3-c3ccccc32)c2cccc3c2sc2cc(C4(c5ccccc5)c5ccccc5-c5ccccc54)ccc23)cc1. The predicted molar refractivity (Wildman–Crippen MR) is 268 cm³/mol. The molecule has 0 N–H and O–H groups in total. The van der Waals surface area contributed by atoms with Crippen molar-refractivity contribution in [1.29, 1.82) is 0 Å². The van der Waals surface area contributed by atoms with Crippen molar-refractivity contribution in [1.82, 2.24) is 0 Å². The van der Waals surface area contributed by atoms with Crippen molar-refractivity contribution in [3.63, 3.8) is 0 Å². The van der Waals surface area contributed by atoms with E-state index in [1.807, 2.05) is 11.3 Å². The van der Waals surface area contributed by atoms with Gasteiger partial charge in [-0.05, 0) is 103 Å². The first-order valence-corrected chi connectivity index (χ1v) is 23.1. The van der Waals surface area contributed by atoms with E-state index in [2.05, 4.69) is 241 Å². The minimum atomic E-state index is -0.455. The second-order valence-electron chi connectivity index (χ2n) is 17.4. The van der Waals surface area contributed by atoms with E-state index < -0.39 is 10.8 Å². The van der Waals surface area contributed by atoms with Gasteiger partial charge in [-0.25, -0.2) is 0 Å². The van der Waals surface area contributed by atoms with Crippen LogP contribution in [0.25, 0.3) is 53.6 Å². The van der Waals surface area contributed by atoms with Crippen LogP contribution in [0.2, 0.25) is 0 Å². The van der Waals surface area contributed by atoms with Crippen LogP contribution in [-0.2, 0) is 10.8 Å². The highest BCUT2D eigenvalue weighted by Gasteiger charge is 2.52. The Hall–Kier alpha value is -7.78. The van der Waals surface area contributed by atoms with Gasteiger partial charge in [0.2, 0.25) is 0 Å². The molecule has 0 saturated heterocycles. The Kier molecular flexibility index (Phi) is 7.47. The second-order valence-corrected chi connectivity index (χ2v) is 18.5. The molecule has 0 atom stereocenters. The number of rotatable bonds is 5. The van der Waals surface area contributed by atoms with Gasteiger partial charge in [0.1, 0.15) is 0 Å². The van der Waals surface area contributed by atoms with E-state index in [4.69, 9.17) is 0 Å². The number of hydrogen-bond donors (Lipinski definition) is 0. The fraction of sp³-hybridized carbons (Fsp3) is 0.0323. The van der Waals surface area contributed by atoms with Crippen LogP contribution in [0.1, 0.15) is 44.5 Å². The number of nitrogens with zero attached hydrogens (tertiary/aromatic N) is 1. The van der Waals surface area contributed by atoms with Crippen molar-refractivity contribution in [3.05, 3.63) is 281 Å². The van der Waals surface area contributed by atoms with Gasteiger partial charge in [-0.1, -0.05) is 206 Å². The Balaban J connectivity index is 1.02. The van der Waals surface area contributed by atoms with Crippen molar-refractivity contribution in [2.75, 3.05) is 4.90 Å². The van der Waals surface area contributed by atoms with E-state index >= 15 is 0 Å². The minimum absolute atomic E-state index is 0.427. The maximum atomic E-state index is 2.54. The van der Waals surface area contributed by atoms with Gasteiger partial charge < -0.3 is 4.90 Å². The van der Waals surface area contributed by atoms with E-state index in [1.165, 1.54) is 109 Å². The van der Waals surface area contributed by atoms with Gasteiger partial charge in [0.15, 0.2) is 0 Å². The summed E-state index contributed by atoms with van der Waals surface area (Å²) in [6, 6.07) is 88.7. The Morgan fingerprint density at radius 1 is 0.312 bits per heavy atom. The molecular formula is C62H39NS. The van der Waals surface area contributed by atoms with E-state index in [1.54, 1.807) is 0 Å². The average molecular weight is 830 g/mol.